The molecule has 20 heavy (non-hydrogen) atoms. The Morgan fingerprint density at radius 3 is 2.85 bits per heavy atom. The highest BCUT2D eigenvalue weighted by Gasteiger charge is 2.26. The average Bonchev–Trinajstić information content (AvgIpc) is 2.45. The van der Waals surface area contributed by atoms with E-state index in [-0.39, 0.29) is 6.10 Å². The average molecular weight is 279 g/mol. The SMILES string of the molecule is CC1OCCN(CC(O)COCc2ccccc2)C1C. The van der Waals surface area contributed by atoms with Crippen molar-refractivity contribution < 1.29 is 14.6 Å². The molecule has 2 rings (SSSR count). The molecular weight excluding hydrogens is 254 g/mol. The van der Waals surface area contributed by atoms with E-state index in [1.165, 1.54) is 0 Å². The maximum atomic E-state index is 10.1. The van der Waals surface area contributed by atoms with Crippen LogP contribution in [0.3, 0.4) is 0 Å². The molecule has 1 saturated heterocycles. The summed E-state index contributed by atoms with van der Waals surface area (Å²) in [5.41, 5.74) is 1.13. The fourth-order valence-electron chi connectivity index (χ4n) is 2.46. The van der Waals surface area contributed by atoms with Crippen LogP contribution in [-0.2, 0) is 16.1 Å². The molecule has 1 fully saturated rings. The summed E-state index contributed by atoms with van der Waals surface area (Å²) in [4.78, 5) is 2.27. The van der Waals surface area contributed by atoms with Crippen molar-refractivity contribution in [3.63, 3.8) is 0 Å². The van der Waals surface area contributed by atoms with Gasteiger partial charge < -0.3 is 14.6 Å². The molecule has 0 radical (unpaired) electrons. The van der Waals surface area contributed by atoms with Gasteiger partial charge in [0.2, 0.25) is 0 Å². The van der Waals surface area contributed by atoms with Crippen molar-refractivity contribution in [1.82, 2.24) is 4.90 Å². The van der Waals surface area contributed by atoms with Crippen LogP contribution in [0.25, 0.3) is 0 Å². The van der Waals surface area contributed by atoms with Gasteiger partial charge in [0.25, 0.3) is 0 Å². The van der Waals surface area contributed by atoms with E-state index in [0.29, 0.717) is 25.8 Å². The van der Waals surface area contributed by atoms with Crippen molar-refractivity contribution in [1.29, 1.82) is 0 Å². The Bertz CT molecular complexity index is 385. The van der Waals surface area contributed by atoms with Crippen LogP contribution in [-0.4, -0.2) is 54.6 Å². The zero-order chi connectivity index (χ0) is 14.4. The first-order valence-electron chi connectivity index (χ1n) is 7.32. The topological polar surface area (TPSA) is 41.9 Å². The Labute approximate surface area is 121 Å². The van der Waals surface area contributed by atoms with Crippen molar-refractivity contribution in [2.75, 3.05) is 26.3 Å². The molecule has 1 aliphatic rings. The Morgan fingerprint density at radius 1 is 1.35 bits per heavy atom. The maximum Gasteiger partial charge on any atom is 0.0900 e. The lowest BCUT2D eigenvalue weighted by molar-refractivity contribution is -0.0757. The Hall–Kier alpha value is -0.940. The second kappa shape index (κ2) is 7.74. The molecule has 1 aliphatic heterocycles. The molecular formula is C16H25NO3. The van der Waals surface area contributed by atoms with E-state index in [2.05, 4.69) is 18.7 Å². The Kier molecular flexibility index (Phi) is 5.98. The molecule has 4 nitrogen and oxygen atoms in total. The van der Waals surface area contributed by atoms with Gasteiger partial charge in [-0.25, -0.2) is 0 Å². The van der Waals surface area contributed by atoms with Gasteiger partial charge in [-0.3, -0.25) is 4.90 Å². The summed E-state index contributed by atoms with van der Waals surface area (Å²) < 4.78 is 11.2. The van der Waals surface area contributed by atoms with Crippen LogP contribution in [0.4, 0.5) is 0 Å². The minimum atomic E-state index is -0.452. The van der Waals surface area contributed by atoms with Crippen molar-refractivity contribution >= 4 is 0 Å². The first-order valence-corrected chi connectivity index (χ1v) is 7.32. The lowest BCUT2D eigenvalue weighted by Crippen LogP contribution is -2.51. The predicted octanol–water partition coefficient (Wildman–Crippen LogP) is 1.67. The molecule has 0 spiro atoms. The van der Waals surface area contributed by atoms with Crippen molar-refractivity contribution in [2.45, 2.75) is 38.7 Å². The molecule has 0 saturated carbocycles. The first-order chi connectivity index (χ1) is 9.66. The molecule has 0 aromatic heterocycles. The molecule has 1 N–H and O–H groups in total. The number of hydrogen-bond acceptors (Lipinski definition) is 4. The molecule has 3 atom stereocenters. The second-order valence-electron chi connectivity index (χ2n) is 5.47. The smallest absolute Gasteiger partial charge is 0.0900 e. The van der Waals surface area contributed by atoms with Gasteiger partial charge in [-0.05, 0) is 19.4 Å². The quantitative estimate of drug-likeness (QED) is 0.860. The fourth-order valence-corrected chi connectivity index (χ4v) is 2.46. The monoisotopic (exact) mass is 279 g/mol. The number of β-amino-alcohol motifs (C(OH)–C–C–N with tert-alkyl or cyclic N) is 1. The van der Waals surface area contributed by atoms with E-state index in [1.54, 1.807) is 0 Å². The fraction of sp³-hybridized carbons (Fsp3) is 0.625. The molecule has 1 aromatic carbocycles. The summed E-state index contributed by atoms with van der Waals surface area (Å²) in [6, 6.07) is 10.4. The van der Waals surface area contributed by atoms with Crippen LogP contribution in [0.2, 0.25) is 0 Å². The summed E-state index contributed by atoms with van der Waals surface area (Å²) in [7, 11) is 0. The Balaban J connectivity index is 1.68. The van der Waals surface area contributed by atoms with Crippen LogP contribution < -0.4 is 0 Å². The van der Waals surface area contributed by atoms with Gasteiger partial charge in [0.15, 0.2) is 0 Å². The normalized spacial score (nSPS) is 25.6. The molecule has 0 amide bonds. The van der Waals surface area contributed by atoms with E-state index < -0.39 is 6.10 Å². The number of benzene rings is 1. The van der Waals surface area contributed by atoms with Gasteiger partial charge in [0.05, 0.1) is 32.0 Å². The number of aliphatic hydroxyl groups is 1. The number of aliphatic hydroxyl groups excluding tert-OH is 1. The molecule has 112 valence electrons. The molecule has 4 heteroatoms. The third-order valence-electron chi connectivity index (χ3n) is 3.88. The molecule has 1 aromatic rings. The van der Waals surface area contributed by atoms with E-state index in [1.807, 2.05) is 30.3 Å². The summed E-state index contributed by atoms with van der Waals surface area (Å²) in [5, 5.41) is 10.1. The zero-order valence-corrected chi connectivity index (χ0v) is 12.4. The summed E-state index contributed by atoms with van der Waals surface area (Å²) in [5.74, 6) is 0. The molecule has 1 heterocycles. The number of hydrogen-bond donors (Lipinski definition) is 1. The van der Waals surface area contributed by atoms with Crippen LogP contribution in [0.5, 0.6) is 0 Å². The van der Waals surface area contributed by atoms with Crippen LogP contribution in [0.1, 0.15) is 19.4 Å². The molecule has 0 aliphatic carbocycles. The highest BCUT2D eigenvalue weighted by molar-refractivity contribution is 5.13. The number of rotatable bonds is 6. The lowest BCUT2D eigenvalue weighted by Gasteiger charge is -2.38. The van der Waals surface area contributed by atoms with Gasteiger partial charge in [-0.15, -0.1) is 0 Å². The minimum absolute atomic E-state index is 0.223. The number of nitrogens with zero attached hydrogens (tertiary/aromatic N) is 1. The summed E-state index contributed by atoms with van der Waals surface area (Å²) in [6.07, 6.45) is -0.229. The van der Waals surface area contributed by atoms with Gasteiger partial charge in [-0.1, -0.05) is 30.3 Å². The van der Waals surface area contributed by atoms with Crippen molar-refractivity contribution in [3.05, 3.63) is 35.9 Å². The second-order valence-corrected chi connectivity index (χ2v) is 5.47. The largest absolute Gasteiger partial charge is 0.389 e. The van der Waals surface area contributed by atoms with E-state index in [4.69, 9.17) is 9.47 Å². The van der Waals surface area contributed by atoms with E-state index in [9.17, 15) is 5.11 Å². The van der Waals surface area contributed by atoms with Crippen LogP contribution in [0, 0.1) is 0 Å². The highest BCUT2D eigenvalue weighted by atomic mass is 16.5. The van der Waals surface area contributed by atoms with Crippen LogP contribution in [0.15, 0.2) is 30.3 Å². The Morgan fingerprint density at radius 2 is 2.10 bits per heavy atom. The zero-order valence-electron chi connectivity index (χ0n) is 12.4. The van der Waals surface area contributed by atoms with Gasteiger partial charge >= 0.3 is 0 Å². The minimum Gasteiger partial charge on any atom is -0.389 e. The van der Waals surface area contributed by atoms with E-state index >= 15 is 0 Å². The third-order valence-corrected chi connectivity index (χ3v) is 3.88. The summed E-state index contributed by atoms with van der Waals surface area (Å²) >= 11 is 0. The lowest BCUT2D eigenvalue weighted by atomic mass is 10.1. The van der Waals surface area contributed by atoms with Gasteiger partial charge in [0, 0.05) is 19.1 Å². The molecule has 3 unspecified atom stereocenters. The standard InChI is InChI=1S/C16H25NO3/c1-13-14(2)20-9-8-17(13)10-16(18)12-19-11-15-6-4-3-5-7-15/h3-7,13-14,16,18H,8-12H2,1-2H3. The number of morpholine rings is 1. The van der Waals surface area contributed by atoms with Gasteiger partial charge in [-0.2, -0.15) is 0 Å². The maximum absolute atomic E-state index is 10.1. The highest BCUT2D eigenvalue weighted by Crippen LogP contribution is 2.13. The summed E-state index contributed by atoms with van der Waals surface area (Å²) in [6.45, 7) is 7.39. The van der Waals surface area contributed by atoms with Crippen molar-refractivity contribution in [2.24, 2.45) is 0 Å². The van der Waals surface area contributed by atoms with Crippen LogP contribution >= 0.6 is 0 Å². The first kappa shape index (κ1) is 15.4. The number of ether oxygens (including phenoxy) is 2. The van der Waals surface area contributed by atoms with Crippen molar-refractivity contribution in [3.8, 4) is 0 Å². The third kappa shape index (κ3) is 4.56. The van der Waals surface area contributed by atoms with E-state index in [0.717, 1.165) is 18.7 Å². The van der Waals surface area contributed by atoms with Gasteiger partial charge in [0.1, 0.15) is 0 Å². The predicted molar refractivity (Wildman–Crippen MR) is 78.6 cm³/mol. The molecule has 0 bridgehead atoms.